The number of hydrogen-bond donors (Lipinski definition) is 0. The summed E-state index contributed by atoms with van der Waals surface area (Å²) in [6.07, 6.45) is 3.29. The van der Waals surface area contributed by atoms with Crippen molar-refractivity contribution in [3.05, 3.63) is 114 Å². The van der Waals surface area contributed by atoms with Gasteiger partial charge in [0.15, 0.2) is 5.65 Å². The van der Waals surface area contributed by atoms with Crippen LogP contribution in [0.4, 0.5) is 5.82 Å². The molecule has 1 aliphatic rings. The van der Waals surface area contributed by atoms with E-state index >= 15 is 0 Å². The van der Waals surface area contributed by atoms with Crippen LogP contribution in [0.3, 0.4) is 0 Å². The Morgan fingerprint density at radius 3 is 2.13 bits per heavy atom. The van der Waals surface area contributed by atoms with Gasteiger partial charge in [0.1, 0.15) is 11.6 Å². The summed E-state index contributed by atoms with van der Waals surface area (Å²) in [5.74, 6) is 1.74. The molecule has 0 aliphatic carbocycles. The maximum Gasteiger partial charge on any atom is 0.230 e. The van der Waals surface area contributed by atoms with E-state index in [1.807, 2.05) is 82.5 Å². The predicted octanol–water partition coefficient (Wildman–Crippen LogP) is 5.25. The third-order valence-corrected chi connectivity index (χ3v) is 7.46. The molecule has 3 heterocycles. The standard InChI is InChI=1S/C32H32N6O/c1-2-27(25-14-8-4-9-15-25)32(39)37-20-18-36(19-21-37)30-28-23-33-38(26-16-10-5-11-17-26)31(28)35-29(34-30)22-24-12-6-3-7-13-24/h3-17,23,27H,2,18-22H2,1H3/t27-/m1/s1. The number of anilines is 1. The van der Waals surface area contributed by atoms with Gasteiger partial charge in [-0.2, -0.15) is 5.10 Å². The first-order valence-corrected chi connectivity index (χ1v) is 13.6. The van der Waals surface area contributed by atoms with E-state index in [2.05, 4.69) is 36.1 Å². The lowest BCUT2D eigenvalue weighted by Gasteiger charge is -2.37. The molecule has 7 heteroatoms. The van der Waals surface area contributed by atoms with Gasteiger partial charge in [-0.25, -0.2) is 14.6 Å². The molecule has 5 aromatic rings. The van der Waals surface area contributed by atoms with Gasteiger partial charge in [0.2, 0.25) is 5.91 Å². The number of nitrogens with zero attached hydrogens (tertiary/aromatic N) is 6. The molecule has 196 valence electrons. The Balaban J connectivity index is 1.29. The van der Waals surface area contributed by atoms with Crippen molar-refractivity contribution in [1.82, 2.24) is 24.6 Å². The van der Waals surface area contributed by atoms with Crippen LogP contribution in [0.15, 0.2) is 97.2 Å². The predicted molar refractivity (Wildman–Crippen MR) is 154 cm³/mol. The first kappa shape index (κ1) is 24.8. The quantitative estimate of drug-likeness (QED) is 0.296. The molecule has 0 N–H and O–H groups in total. The number of amides is 1. The average Bonchev–Trinajstić information content (AvgIpc) is 3.43. The van der Waals surface area contributed by atoms with E-state index in [-0.39, 0.29) is 11.8 Å². The van der Waals surface area contributed by atoms with Crippen LogP contribution in [0, 0.1) is 0 Å². The number of hydrogen-bond acceptors (Lipinski definition) is 5. The van der Waals surface area contributed by atoms with Crippen LogP contribution in [-0.4, -0.2) is 56.7 Å². The molecule has 1 amide bonds. The van der Waals surface area contributed by atoms with Crippen LogP contribution in [0.25, 0.3) is 16.7 Å². The lowest BCUT2D eigenvalue weighted by molar-refractivity contribution is -0.133. The van der Waals surface area contributed by atoms with E-state index < -0.39 is 0 Å². The highest BCUT2D eigenvalue weighted by atomic mass is 16.2. The number of benzene rings is 3. The van der Waals surface area contributed by atoms with Crippen LogP contribution < -0.4 is 4.90 Å². The van der Waals surface area contributed by atoms with Crippen molar-refractivity contribution in [3.63, 3.8) is 0 Å². The molecule has 39 heavy (non-hydrogen) atoms. The highest BCUT2D eigenvalue weighted by Gasteiger charge is 2.29. The molecule has 0 spiro atoms. The molecule has 7 nitrogen and oxygen atoms in total. The van der Waals surface area contributed by atoms with Gasteiger partial charge in [-0.3, -0.25) is 4.79 Å². The highest BCUT2D eigenvalue weighted by Crippen LogP contribution is 2.29. The number of para-hydroxylation sites is 1. The van der Waals surface area contributed by atoms with E-state index in [1.165, 1.54) is 0 Å². The monoisotopic (exact) mass is 516 g/mol. The van der Waals surface area contributed by atoms with Crippen molar-refractivity contribution < 1.29 is 4.79 Å². The molecule has 0 bridgehead atoms. The summed E-state index contributed by atoms with van der Waals surface area (Å²) in [6, 6.07) is 30.5. The first-order chi connectivity index (χ1) is 19.2. The molecule has 2 aromatic heterocycles. The molecule has 6 rings (SSSR count). The van der Waals surface area contributed by atoms with Gasteiger partial charge in [-0.05, 0) is 29.7 Å². The maximum atomic E-state index is 13.5. The fourth-order valence-electron chi connectivity index (χ4n) is 5.39. The Bertz CT molecular complexity index is 1540. The lowest BCUT2D eigenvalue weighted by atomic mass is 9.95. The van der Waals surface area contributed by atoms with E-state index in [4.69, 9.17) is 15.1 Å². The second-order valence-corrected chi connectivity index (χ2v) is 9.94. The van der Waals surface area contributed by atoms with Gasteiger partial charge >= 0.3 is 0 Å². The number of piperazine rings is 1. The molecule has 0 saturated carbocycles. The van der Waals surface area contributed by atoms with Gasteiger partial charge in [0.25, 0.3) is 0 Å². The van der Waals surface area contributed by atoms with Gasteiger partial charge in [0.05, 0.1) is 23.2 Å². The normalized spacial score (nSPS) is 14.5. The minimum Gasteiger partial charge on any atom is -0.352 e. The Morgan fingerprint density at radius 2 is 1.46 bits per heavy atom. The number of carbonyl (C=O) groups excluding carboxylic acids is 1. The van der Waals surface area contributed by atoms with Crippen molar-refractivity contribution >= 4 is 22.8 Å². The molecule has 1 saturated heterocycles. The number of rotatable bonds is 7. The van der Waals surface area contributed by atoms with Gasteiger partial charge < -0.3 is 9.80 Å². The van der Waals surface area contributed by atoms with Crippen LogP contribution in [0.2, 0.25) is 0 Å². The Hall–Kier alpha value is -4.52. The summed E-state index contributed by atoms with van der Waals surface area (Å²) in [6.45, 7) is 4.83. The van der Waals surface area contributed by atoms with E-state index in [0.29, 0.717) is 32.6 Å². The Morgan fingerprint density at radius 1 is 0.821 bits per heavy atom. The first-order valence-electron chi connectivity index (χ1n) is 13.6. The zero-order valence-corrected chi connectivity index (χ0v) is 22.1. The van der Waals surface area contributed by atoms with Crippen molar-refractivity contribution in [2.24, 2.45) is 0 Å². The van der Waals surface area contributed by atoms with Crippen LogP contribution in [0.5, 0.6) is 0 Å². The third-order valence-electron chi connectivity index (χ3n) is 7.46. The molecule has 1 fully saturated rings. The molecule has 1 aliphatic heterocycles. The zero-order valence-electron chi connectivity index (χ0n) is 22.1. The van der Waals surface area contributed by atoms with Crippen LogP contribution in [0.1, 0.15) is 36.2 Å². The summed E-state index contributed by atoms with van der Waals surface area (Å²) in [4.78, 5) is 27.8. The van der Waals surface area contributed by atoms with Crippen LogP contribution in [-0.2, 0) is 11.2 Å². The summed E-state index contributed by atoms with van der Waals surface area (Å²) in [5.41, 5.74) is 4.01. The molecule has 0 radical (unpaired) electrons. The fourth-order valence-corrected chi connectivity index (χ4v) is 5.39. The average molecular weight is 517 g/mol. The van der Waals surface area contributed by atoms with E-state index in [1.54, 1.807) is 0 Å². The van der Waals surface area contributed by atoms with Gasteiger partial charge in [0, 0.05) is 32.6 Å². The maximum absolute atomic E-state index is 13.5. The van der Waals surface area contributed by atoms with E-state index in [0.717, 1.165) is 45.9 Å². The number of fused-ring (bicyclic) bond motifs is 1. The molecule has 0 unspecified atom stereocenters. The summed E-state index contributed by atoms with van der Waals surface area (Å²) >= 11 is 0. The SMILES string of the molecule is CC[C@@H](C(=O)N1CCN(c2nc(Cc3ccccc3)nc3c2cnn3-c2ccccc2)CC1)c1ccccc1. The summed E-state index contributed by atoms with van der Waals surface area (Å²) in [5, 5.41) is 5.63. The van der Waals surface area contributed by atoms with Gasteiger partial charge in [-0.15, -0.1) is 0 Å². The minimum atomic E-state index is -0.106. The smallest absolute Gasteiger partial charge is 0.230 e. The summed E-state index contributed by atoms with van der Waals surface area (Å²) in [7, 11) is 0. The molecule has 1 atom stereocenters. The molecular formula is C32H32N6O. The topological polar surface area (TPSA) is 67.2 Å². The number of carbonyl (C=O) groups is 1. The highest BCUT2D eigenvalue weighted by molar-refractivity contribution is 5.88. The number of aromatic nitrogens is 4. The van der Waals surface area contributed by atoms with Crippen LogP contribution >= 0.6 is 0 Å². The van der Waals surface area contributed by atoms with Crippen molar-refractivity contribution in [1.29, 1.82) is 0 Å². The van der Waals surface area contributed by atoms with Gasteiger partial charge in [-0.1, -0.05) is 85.8 Å². The summed E-state index contributed by atoms with van der Waals surface area (Å²) < 4.78 is 1.89. The largest absolute Gasteiger partial charge is 0.352 e. The molecule has 3 aromatic carbocycles. The minimum absolute atomic E-state index is 0.106. The second kappa shape index (κ2) is 11.1. The van der Waals surface area contributed by atoms with E-state index in [9.17, 15) is 4.79 Å². The Kier molecular flexibility index (Phi) is 7.04. The Labute approximate surface area is 228 Å². The van der Waals surface area contributed by atoms with Crippen molar-refractivity contribution in [3.8, 4) is 5.69 Å². The lowest BCUT2D eigenvalue weighted by Crippen LogP contribution is -2.50. The van der Waals surface area contributed by atoms with Crippen molar-refractivity contribution in [2.75, 3.05) is 31.1 Å². The third kappa shape index (κ3) is 5.12. The van der Waals surface area contributed by atoms with Crippen molar-refractivity contribution in [2.45, 2.75) is 25.7 Å². The zero-order chi connectivity index (χ0) is 26.6. The molecular weight excluding hydrogens is 484 g/mol. The second-order valence-electron chi connectivity index (χ2n) is 9.94. The fraction of sp³-hybridized carbons (Fsp3) is 0.250.